The first kappa shape index (κ1) is 26.5. The SMILES string of the molecule is CC(CCC(COc1cccc(N2CC(C)C(=O)N2)c1)C(C)CC(C)(C)C)CC(C)(C)C. The number of hydrazine groups is 1. The standard InChI is InChI=1S/C28H48N2O2/c1-20(16-27(4,5)6)13-14-23(21(2)17-28(7,8)9)19-32-25-12-10-11-24(15-25)30-18-22(3)26(31)29-30/h10-12,15,20-23H,13-14,16-19H2,1-9H3,(H,29,31). The van der Waals surface area contributed by atoms with Crippen LogP contribution >= 0.6 is 0 Å². The topological polar surface area (TPSA) is 41.6 Å². The summed E-state index contributed by atoms with van der Waals surface area (Å²) in [5, 5.41) is 1.92. The molecule has 1 aliphatic rings. The van der Waals surface area contributed by atoms with Gasteiger partial charge in [0.25, 0.3) is 0 Å². The van der Waals surface area contributed by atoms with E-state index in [0.717, 1.165) is 24.0 Å². The molecule has 32 heavy (non-hydrogen) atoms. The molecule has 1 saturated heterocycles. The van der Waals surface area contributed by atoms with Crippen molar-refractivity contribution in [3.63, 3.8) is 0 Å². The van der Waals surface area contributed by atoms with Crippen LogP contribution in [0.5, 0.6) is 5.75 Å². The van der Waals surface area contributed by atoms with Crippen molar-refractivity contribution in [2.75, 3.05) is 18.2 Å². The number of hydrogen-bond acceptors (Lipinski definition) is 3. The van der Waals surface area contributed by atoms with Gasteiger partial charge in [0.05, 0.1) is 24.8 Å². The van der Waals surface area contributed by atoms with E-state index in [1.807, 2.05) is 36.2 Å². The van der Waals surface area contributed by atoms with Gasteiger partial charge in [0.1, 0.15) is 5.75 Å². The molecule has 0 saturated carbocycles. The lowest BCUT2D eigenvalue weighted by Crippen LogP contribution is -2.32. The van der Waals surface area contributed by atoms with E-state index in [4.69, 9.17) is 4.74 Å². The van der Waals surface area contributed by atoms with Crippen LogP contribution in [0.4, 0.5) is 5.69 Å². The molecule has 1 fully saturated rings. The van der Waals surface area contributed by atoms with Gasteiger partial charge in [-0.25, -0.2) is 0 Å². The largest absolute Gasteiger partial charge is 0.493 e. The Hall–Kier alpha value is -1.71. The fourth-order valence-electron chi connectivity index (χ4n) is 5.07. The van der Waals surface area contributed by atoms with E-state index in [2.05, 4.69) is 60.8 Å². The van der Waals surface area contributed by atoms with Gasteiger partial charge in [-0.15, -0.1) is 0 Å². The highest BCUT2D eigenvalue weighted by atomic mass is 16.5. The maximum atomic E-state index is 11.9. The number of rotatable bonds is 10. The molecule has 1 N–H and O–H groups in total. The van der Waals surface area contributed by atoms with Crippen molar-refractivity contribution < 1.29 is 9.53 Å². The number of nitrogens with zero attached hydrogens (tertiary/aromatic N) is 1. The smallest absolute Gasteiger partial charge is 0.243 e. The molecule has 0 aliphatic carbocycles. The molecule has 4 atom stereocenters. The molecular formula is C28H48N2O2. The highest BCUT2D eigenvalue weighted by Crippen LogP contribution is 2.34. The zero-order valence-corrected chi connectivity index (χ0v) is 22.1. The molecule has 4 unspecified atom stereocenters. The van der Waals surface area contributed by atoms with Crippen LogP contribution in [-0.4, -0.2) is 19.1 Å². The van der Waals surface area contributed by atoms with Gasteiger partial charge >= 0.3 is 0 Å². The predicted octanol–water partition coefficient (Wildman–Crippen LogP) is 7.09. The fraction of sp³-hybridized carbons (Fsp3) is 0.750. The molecule has 4 nitrogen and oxygen atoms in total. The van der Waals surface area contributed by atoms with Gasteiger partial charge in [0.2, 0.25) is 5.91 Å². The van der Waals surface area contributed by atoms with Crippen LogP contribution in [0.2, 0.25) is 0 Å². The molecule has 1 amide bonds. The summed E-state index contributed by atoms with van der Waals surface area (Å²) in [6.07, 6.45) is 4.91. The number of carbonyl (C=O) groups excluding carboxylic acids is 1. The van der Waals surface area contributed by atoms with Crippen LogP contribution in [-0.2, 0) is 4.79 Å². The lowest BCUT2D eigenvalue weighted by molar-refractivity contribution is -0.121. The van der Waals surface area contributed by atoms with Gasteiger partial charge < -0.3 is 4.74 Å². The highest BCUT2D eigenvalue weighted by Gasteiger charge is 2.28. The second-order valence-corrected chi connectivity index (χ2v) is 12.7. The number of carbonyl (C=O) groups is 1. The van der Waals surface area contributed by atoms with Crippen molar-refractivity contribution in [1.29, 1.82) is 0 Å². The number of hydrogen-bond donors (Lipinski definition) is 1. The molecule has 4 heteroatoms. The van der Waals surface area contributed by atoms with Crippen molar-refractivity contribution >= 4 is 11.6 Å². The van der Waals surface area contributed by atoms with Gasteiger partial charge in [0, 0.05) is 6.07 Å². The minimum Gasteiger partial charge on any atom is -0.493 e. The third kappa shape index (κ3) is 9.03. The van der Waals surface area contributed by atoms with Crippen molar-refractivity contribution in [2.24, 2.45) is 34.5 Å². The number of amides is 1. The highest BCUT2D eigenvalue weighted by molar-refractivity contribution is 5.83. The minimum atomic E-state index is 0.0114. The summed E-state index contributed by atoms with van der Waals surface area (Å²) in [4.78, 5) is 11.9. The van der Waals surface area contributed by atoms with Crippen LogP contribution in [0.15, 0.2) is 24.3 Å². The van der Waals surface area contributed by atoms with E-state index in [0.29, 0.717) is 29.2 Å². The summed E-state index contributed by atoms with van der Waals surface area (Å²) >= 11 is 0. The second kappa shape index (κ2) is 10.9. The summed E-state index contributed by atoms with van der Waals surface area (Å²) in [6, 6.07) is 8.11. The van der Waals surface area contributed by atoms with Crippen LogP contribution in [0.1, 0.15) is 88.0 Å². The van der Waals surface area contributed by atoms with Crippen LogP contribution in [0.3, 0.4) is 0 Å². The Bertz CT molecular complexity index is 732. The van der Waals surface area contributed by atoms with Crippen molar-refractivity contribution in [3.05, 3.63) is 24.3 Å². The maximum absolute atomic E-state index is 11.9. The first-order chi connectivity index (χ1) is 14.7. The summed E-state index contributed by atoms with van der Waals surface area (Å²) in [6.45, 7) is 22.2. The predicted molar refractivity (Wildman–Crippen MR) is 136 cm³/mol. The zero-order valence-electron chi connectivity index (χ0n) is 22.1. The van der Waals surface area contributed by atoms with Crippen molar-refractivity contribution in [1.82, 2.24) is 5.43 Å². The lowest BCUT2D eigenvalue weighted by atomic mass is 9.76. The van der Waals surface area contributed by atoms with Gasteiger partial charge in [-0.2, -0.15) is 0 Å². The Kier molecular flexibility index (Phi) is 9.07. The molecule has 182 valence electrons. The van der Waals surface area contributed by atoms with Crippen LogP contribution in [0.25, 0.3) is 0 Å². The molecule has 0 bridgehead atoms. The quantitative estimate of drug-likeness (QED) is 0.419. The van der Waals surface area contributed by atoms with E-state index in [-0.39, 0.29) is 11.8 Å². The summed E-state index contributed by atoms with van der Waals surface area (Å²) < 4.78 is 6.35. The normalized spacial score (nSPS) is 20.1. The van der Waals surface area contributed by atoms with E-state index in [9.17, 15) is 4.79 Å². The van der Waals surface area contributed by atoms with Gasteiger partial charge in [-0.3, -0.25) is 15.2 Å². The van der Waals surface area contributed by atoms with E-state index in [1.165, 1.54) is 25.7 Å². The number of nitrogens with one attached hydrogen (secondary N) is 1. The lowest BCUT2D eigenvalue weighted by Gasteiger charge is -2.31. The van der Waals surface area contributed by atoms with Gasteiger partial charge in [-0.05, 0) is 60.0 Å². The molecule has 1 aromatic carbocycles. The van der Waals surface area contributed by atoms with E-state index in [1.54, 1.807) is 0 Å². The monoisotopic (exact) mass is 444 g/mol. The Morgan fingerprint density at radius 3 is 2.28 bits per heavy atom. The first-order valence-electron chi connectivity index (χ1n) is 12.5. The van der Waals surface area contributed by atoms with Crippen molar-refractivity contribution in [2.45, 2.75) is 88.0 Å². The van der Waals surface area contributed by atoms with Gasteiger partial charge in [0.15, 0.2) is 0 Å². The third-order valence-corrected chi connectivity index (χ3v) is 6.47. The molecule has 1 aromatic rings. The second-order valence-electron chi connectivity index (χ2n) is 12.7. The minimum absolute atomic E-state index is 0.0114. The molecule has 1 aliphatic heterocycles. The average molecular weight is 445 g/mol. The molecule has 0 radical (unpaired) electrons. The van der Waals surface area contributed by atoms with Crippen molar-refractivity contribution in [3.8, 4) is 5.75 Å². The first-order valence-corrected chi connectivity index (χ1v) is 12.5. The van der Waals surface area contributed by atoms with E-state index < -0.39 is 0 Å². The summed E-state index contributed by atoms with van der Waals surface area (Å²) in [5.74, 6) is 2.84. The van der Waals surface area contributed by atoms with Crippen LogP contribution in [0, 0.1) is 34.5 Å². The van der Waals surface area contributed by atoms with Gasteiger partial charge in [-0.1, -0.05) is 74.8 Å². The Morgan fingerprint density at radius 2 is 1.72 bits per heavy atom. The number of anilines is 1. The van der Waals surface area contributed by atoms with E-state index >= 15 is 0 Å². The van der Waals surface area contributed by atoms with Crippen LogP contribution < -0.4 is 15.2 Å². The molecule has 2 rings (SSSR count). The average Bonchev–Trinajstić information content (AvgIpc) is 2.98. The Labute approximate surface area is 197 Å². The fourth-order valence-corrected chi connectivity index (χ4v) is 5.07. The summed E-state index contributed by atoms with van der Waals surface area (Å²) in [5.41, 5.74) is 4.63. The molecule has 1 heterocycles. The Morgan fingerprint density at radius 1 is 1.06 bits per heavy atom. The maximum Gasteiger partial charge on any atom is 0.243 e. The molecule has 0 aromatic heterocycles. The summed E-state index contributed by atoms with van der Waals surface area (Å²) in [7, 11) is 0. The number of benzene rings is 1. The zero-order chi connectivity index (χ0) is 24.1. The molecule has 0 spiro atoms. The Balaban J connectivity index is 2.02. The molecular weight excluding hydrogens is 396 g/mol. The number of ether oxygens (including phenoxy) is 1. The third-order valence-electron chi connectivity index (χ3n) is 6.47.